The second kappa shape index (κ2) is 3.87. The molecule has 2 fully saturated rings. The van der Waals surface area contributed by atoms with E-state index in [9.17, 15) is 4.79 Å². The van der Waals surface area contributed by atoms with Gasteiger partial charge in [0.05, 0.1) is 6.10 Å². The highest BCUT2D eigenvalue weighted by Crippen LogP contribution is 2.28. The zero-order valence-electron chi connectivity index (χ0n) is 8.53. The minimum Gasteiger partial charge on any atom is -0.367 e. The molecule has 2 heterocycles. The van der Waals surface area contributed by atoms with Crippen LogP contribution in [0.15, 0.2) is 0 Å². The molecule has 14 heavy (non-hydrogen) atoms. The van der Waals surface area contributed by atoms with Crippen LogP contribution in [0.25, 0.3) is 0 Å². The Balaban J connectivity index is 1.84. The zero-order valence-corrected chi connectivity index (χ0v) is 8.53. The topological polar surface area (TPSA) is 64.3 Å². The Bertz CT molecular complexity index is 220. The molecule has 3 atom stereocenters. The molecule has 1 amide bonds. The van der Waals surface area contributed by atoms with Gasteiger partial charge in [0.25, 0.3) is 0 Å². The van der Waals surface area contributed by atoms with Gasteiger partial charge in [-0.3, -0.25) is 4.79 Å². The zero-order chi connectivity index (χ0) is 10.1. The third-order valence-corrected chi connectivity index (χ3v) is 3.23. The van der Waals surface area contributed by atoms with Crippen LogP contribution in [0.4, 0.5) is 0 Å². The number of carbonyl (C=O) groups is 1. The van der Waals surface area contributed by atoms with Crippen molar-refractivity contribution in [2.24, 2.45) is 5.73 Å². The number of carbonyl (C=O) groups excluding carboxylic acids is 1. The molecule has 3 N–H and O–H groups in total. The van der Waals surface area contributed by atoms with Crippen molar-refractivity contribution in [3.63, 3.8) is 0 Å². The van der Waals surface area contributed by atoms with Crippen LogP contribution in [0.5, 0.6) is 0 Å². The number of primary amides is 1. The fourth-order valence-electron chi connectivity index (χ4n) is 2.47. The maximum Gasteiger partial charge on any atom is 0.246 e. The maximum absolute atomic E-state index is 10.8. The molecule has 0 aromatic rings. The lowest BCUT2D eigenvalue weighted by Gasteiger charge is -2.30. The van der Waals surface area contributed by atoms with Crippen LogP contribution in [0, 0.1) is 0 Å². The average Bonchev–Trinajstić information content (AvgIpc) is 2.45. The molecule has 4 heteroatoms. The summed E-state index contributed by atoms with van der Waals surface area (Å²) in [7, 11) is 0. The fraction of sp³-hybridized carbons (Fsp3) is 0.900. The summed E-state index contributed by atoms with van der Waals surface area (Å²) in [6, 6.07) is 1.19. The van der Waals surface area contributed by atoms with Crippen molar-refractivity contribution in [1.29, 1.82) is 0 Å². The summed E-state index contributed by atoms with van der Waals surface area (Å²) in [5.74, 6) is -0.365. The largest absolute Gasteiger partial charge is 0.367 e. The molecule has 2 aliphatic heterocycles. The number of piperidine rings is 1. The molecule has 2 rings (SSSR count). The van der Waals surface area contributed by atoms with Gasteiger partial charge in [-0.1, -0.05) is 0 Å². The Labute approximate surface area is 84.2 Å². The first kappa shape index (κ1) is 9.93. The summed E-state index contributed by atoms with van der Waals surface area (Å²) < 4.78 is 5.62. The van der Waals surface area contributed by atoms with Crippen LogP contribution in [0.3, 0.4) is 0 Å². The van der Waals surface area contributed by atoms with Crippen molar-refractivity contribution in [1.82, 2.24) is 5.32 Å². The van der Waals surface area contributed by atoms with Gasteiger partial charge < -0.3 is 15.8 Å². The molecule has 2 aliphatic rings. The molecule has 0 radical (unpaired) electrons. The van der Waals surface area contributed by atoms with E-state index in [1.165, 1.54) is 12.8 Å². The number of hydrogen-bond donors (Lipinski definition) is 2. The van der Waals surface area contributed by atoms with Crippen LogP contribution in [-0.2, 0) is 9.53 Å². The summed E-state index contributed by atoms with van der Waals surface area (Å²) in [4.78, 5) is 10.8. The van der Waals surface area contributed by atoms with Gasteiger partial charge in [0.15, 0.2) is 0 Å². The number of fused-ring (bicyclic) bond motifs is 2. The van der Waals surface area contributed by atoms with Crippen LogP contribution < -0.4 is 11.1 Å². The smallest absolute Gasteiger partial charge is 0.246 e. The van der Waals surface area contributed by atoms with Gasteiger partial charge in [-0.25, -0.2) is 0 Å². The van der Waals surface area contributed by atoms with Gasteiger partial charge in [-0.2, -0.15) is 0 Å². The highest BCUT2D eigenvalue weighted by molar-refractivity contribution is 5.78. The van der Waals surface area contributed by atoms with E-state index >= 15 is 0 Å². The number of hydrogen-bond acceptors (Lipinski definition) is 3. The molecule has 0 aliphatic carbocycles. The molecule has 0 aromatic carbocycles. The molecule has 0 spiro atoms. The van der Waals surface area contributed by atoms with E-state index in [1.807, 2.05) is 0 Å². The highest BCUT2D eigenvalue weighted by atomic mass is 16.5. The first-order valence-corrected chi connectivity index (χ1v) is 5.36. The lowest BCUT2D eigenvalue weighted by molar-refractivity contribution is -0.133. The third kappa shape index (κ3) is 2.07. The summed E-state index contributed by atoms with van der Waals surface area (Å²) in [6.45, 7) is 1.73. The Morgan fingerprint density at radius 2 is 2.00 bits per heavy atom. The summed E-state index contributed by atoms with van der Waals surface area (Å²) in [5.41, 5.74) is 5.16. The first-order chi connectivity index (χ1) is 6.65. The van der Waals surface area contributed by atoms with Gasteiger partial charge in [0.1, 0.15) is 6.10 Å². The van der Waals surface area contributed by atoms with Gasteiger partial charge in [-0.05, 0) is 32.6 Å². The molecule has 2 bridgehead atoms. The number of ether oxygens (including phenoxy) is 1. The molecular formula is C10H18N2O2. The second-order valence-electron chi connectivity index (χ2n) is 4.41. The lowest BCUT2D eigenvalue weighted by Crippen LogP contribution is -2.43. The molecule has 4 nitrogen and oxygen atoms in total. The molecule has 0 aromatic heterocycles. The number of nitrogens with one attached hydrogen (secondary N) is 1. The summed E-state index contributed by atoms with van der Waals surface area (Å²) in [5, 5.41) is 3.53. The van der Waals surface area contributed by atoms with Crippen molar-refractivity contribution in [3.8, 4) is 0 Å². The van der Waals surface area contributed by atoms with Crippen LogP contribution in [0.1, 0.15) is 32.6 Å². The first-order valence-electron chi connectivity index (χ1n) is 5.36. The normalized spacial score (nSPS) is 38.2. The standard InChI is InChI=1S/C10H18N2O2/c1-6(10(11)13)14-9-4-7-2-3-8(5-9)12-7/h6-9,12H,2-5H2,1H3,(H2,11,13). The van der Waals surface area contributed by atoms with Gasteiger partial charge in [0.2, 0.25) is 5.91 Å². The Hall–Kier alpha value is -0.610. The predicted octanol–water partition coefficient (Wildman–Crippen LogP) is 0.160. The fourth-order valence-corrected chi connectivity index (χ4v) is 2.47. The van der Waals surface area contributed by atoms with Crippen molar-refractivity contribution in [3.05, 3.63) is 0 Å². The molecule has 80 valence electrons. The molecular weight excluding hydrogens is 180 g/mol. The predicted molar refractivity (Wildman–Crippen MR) is 52.7 cm³/mol. The van der Waals surface area contributed by atoms with Crippen molar-refractivity contribution >= 4 is 5.91 Å². The van der Waals surface area contributed by atoms with Crippen molar-refractivity contribution < 1.29 is 9.53 Å². The van der Waals surface area contributed by atoms with E-state index in [0.29, 0.717) is 12.1 Å². The number of amides is 1. The second-order valence-corrected chi connectivity index (χ2v) is 4.41. The van der Waals surface area contributed by atoms with E-state index in [-0.39, 0.29) is 12.0 Å². The Morgan fingerprint density at radius 1 is 1.43 bits per heavy atom. The molecule has 3 unspecified atom stereocenters. The van der Waals surface area contributed by atoms with Gasteiger partial charge >= 0.3 is 0 Å². The van der Waals surface area contributed by atoms with Gasteiger partial charge in [-0.15, -0.1) is 0 Å². The van der Waals surface area contributed by atoms with Crippen molar-refractivity contribution in [2.45, 2.75) is 56.9 Å². The minimum atomic E-state index is -0.447. The number of nitrogens with two attached hydrogens (primary N) is 1. The van der Waals surface area contributed by atoms with Crippen molar-refractivity contribution in [2.75, 3.05) is 0 Å². The monoisotopic (exact) mass is 198 g/mol. The quantitative estimate of drug-likeness (QED) is 0.679. The summed E-state index contributed by atoms with van der Waals surface area (Å²) in [6.07, 6.45) is 4.31. The van der Waals surface area contributed by atoms with E-state index in [1.54, 1.807) is 6.92 Å². The Kier molecular flexibility index (Phi) is 2.74. The van der Waals surface area contributed by atoms with E-state index in [0.717, 1.165) is 12.8 Å². The highest BCUT2D eigenvalue weighted by Gasteiger charge is 2.34. The van der Waals surface area contributed by atoms with Crippen LogP contribution in [0.2, 0.25) is 0 Å². The van der Waals surface area contributed by atoms with E-state index in [2.05, 4.69) is 5.32 Å². The SMILES string of the molecule is CC(OC1CC2CCC(C1)N2)C(N)=O. The Morgan fingerprint density at radius 3 is 2.50 bits per heavy atom. The van der Waals surface area contributed by atoms with Crippen LogP contribution >= 0.6 is 0 Å². The third-order valence-electron chi connectivity index (χ3n) is 3.23. The summed E-state index contributed by atoms with van der Waals surface area (Å²) >= 11 is 0. The lowest BCUT2D eigenvalue weighted by atomic mass is 10.0. The van der Waals surface area contributed by atoms with Gasteiger partial charge in [0, 0.05) is 12.1 Å². The average molecular weight is 198 g/mol. The molecule has 0 saturated carbocycles. The van der Waals surface area contributed by atoms with E-state index < -0.39 is 6.10 Å². The van der Waals surface area contributed by atoms with Crippen LogP contribution in [-0.4, -0.2) is 30.2 Å². The molecule has 2 saturated heterocycles. The van der Waals surface area contributed by atoms with E-state index in [4.69, 9.17) is 10.5 Å². The maximum atomic E-state index is 10.8. The minimum absolute atomic E-state index is 0.219. The number of rotatable bonds is 3.